The fraction of sp³-hybridized carbons (Fsp3) is 0.0909. The molecule has 2 aromatic carbocycles. The molecule has 0 saturated carbocycles. The Balaban J connectivity index is 1.52. The van der Waals surface area contributed by atoms with Crippen molar-refractivity contribution in [3.05, 3.63) is 84.2 Å². The topological polar surface area (TPSA) is 34.1 Å². The molecule has 2 aromatic heterocycles. The van der Waals surface area contributed by atoms with Crippen LogP contribution in [0.15, 0.2) is 73.1 Å². The lowest BCUT2D eigenvalue weighted by molar-refractivity contribution is -0.603. The van der Waals surface area contributed by atoms with Crippen LogP contribution in [0.1, 0.15) is 11.1 Å². The first-order chi connectivity index (χ1) is 12.7. The van der Waals surface area contributed by atoms with Crippen molar-refractivity contribution in [2.45, 2.75) is 0 Å². The van der Waals surface area contributed by atoms with Crippen molar-refractivity contribution in [3.8, 4) is 5.95 Å². The van der Waals surface area contributed by atoms with E-state index in [4.69, 9.17) is 0 Å². The SMILES string of the molecule is CN(C)c1ccc(/C=C/c2cc[n+](-c3nc4ccccc4[n-]3)cc2)cc1. The van der Waals surface area contributed by atoms with Gasteiger partial charge in [-0.2, -0.15) is 0 Å². The number of aromatic nitrogens is 3. The van der Waals surface area contributed by atoms with Crippen LogP contribution in [0.2, 0.25) is 0 Å². The fourth-order valence-electron chi connectivity index (χ4n) is 2.77. The van der Waals surface area contributed by atoms with Gasteiger partial charge in [0.05, 0.1) is 11.0 Å². The molecule has 4 rings (SSSR count). The van der Waals surface area contributed by atoms with Gasteiger partial charge in [-0.3, -0.25) is 4.57 Å². The quantitative estimate of drug-likeness (QED) is 0.531. The Hall–Kier alpha value is -3.40. The van der Waals surface area contributed by atoms with Crippen LogP contribution >= 0.6 is 0 Å². The number of fused-ring (bicyclic) bond motifs is 1. The molecule has 0 aliphatic carbocycles. The zero-order valence-corrected chi connectivity index (χ0v) is 14.9. The average Bonchev–Trinajstić information content (AvgIpc) is 3.11. The number of imidazole rings is 1. The van der Waals surface area contributed by atoms with Crippen LogP contribution in [0.5, 0.6) is 0 Å². The third kappa shape index (κ3) is 3.35. The molecule has 4 aromatic rings. The van der Waals surface area contributed by atoms with E-state index in [1.54, 1.807) is 0 Å². The molecular weight excluding hydrogens is 320 g/mol. The highest BCUT2D eigenvalue weighted by Crippen LogP contribution is 2.14. The molecule has 26 heavy (non-hydrogen) atoms. The molecule has 4 nitrogen and oxygen atoms in total. The number of hydrogen-bond donors (Lipinski definition) is 0. The van der Waals surface area contributed by atoms with Crippen LogP contribution in [0.3, 0.4) is 0 Å². The molecule has 0 radical (unpaired) electrons. The molecule has 0 N–H and O–H groups in total. The van der Waals surface area contributed by atoms with E-state index in [0.717, 1.165) is 16.6 Å². The Morgan fingerprint density at radius 1 is 0.846 bits per heavy atom. The van der Waals surface area contributed by atoms with E-state index in [9.17, 15) is 0 Å². The summed E-state index contributed by atoms with van der Waals surface area (Å²) < 4.78 is 1.93. The highest BCUT2D eigenvalue weighted by Gasteiger charge is 2.04. The molecule has 0 aliphatic heterocycles. The molecule has 0 unspecified atom stereocenters. The summed E-state index contributed by atoms with van der Waals surface area (Å²) in [6.45, 7) is 0. The summed E-state index contributed by atoms with van der Waals surface area (Å²) in [5.41, 5.74) is 5.34. The van der Waals surface area contributed by atoms with Gasteiger partial charge >= 0.3 is 0 Å². The Morgan fingerprint density at radius 2 is 1.50 bits per heavy atom. The van der Waals surface area contributed by atoms with Gasteiger partial charge in [0, 0.05) is 32.2 Å². The second-order valence-corrected chi connectivity index (χ2v) is 6.37. The normalized spacial score (nSPS) is 11.3. The minimum Gasteiger partial charge on any atom is -0.378 e. The third-order valence-electron chi connectivity index (χ3n) is 4.29. The van der Waals surface area contributed by atoms with Crippen LogP contribution in [0, 0.1) is 0 Å². The average molecular weight is 340 g/mol. The van der Waals surface area contributed by atoms with E-state index in [1.165, 1.54) is 11.3 Å². The largest absolute Gasteiger partial charge is 0.378 e. The summed E-state index contributed by atoms with van der Waals surface area (Å²) in [4.78, 5) is 11.2. The number of nitrogens with zero attached hydrogens (tertiary/aromatic N) is 4. The molecule has 0 spiro atoms. The second-order valence-electron chi connectivity index (χ2n) is 6.37. The lowest BCUT2D eigenvalue weighted by atomic mass is 10.1. The van der Waals surface area contributed by atoms with Gasteiger partial charge in [-0.1, -0.05) is 36.4 Å². The first kappa shape index (κ1) is 16.1. The number of benzene rings is 2. The van der Waals surface area contributed by atoms with Crippen molar-refractivity contribution >= 4 is 28.9 Å². The standard InChI is InChI=1S/C22H20N4/c1-25(2)19-11-9-17(10-12-19)7-8-18-13-15-26(16-14-18)22-23-20-5-3-4-6-21(20)24-22/h3-16H,1-2H3. The van der Waals surface area contributed by atoms with Gasteiger partial charge in [-0.25, -0.2) is 9.97 Å². The van der Waals surface area contributed by atoms with Crippen LogP contribution in [0.25, 0.3) is 29.1 Å². The number of anilines is 1. The molecular formula is C22H20N4. The summed E-state index contributed by atoms with van der Waals surface area (Å²) in [7, 11) is 4.09. The van der Waals surface area contributed by atoms with Crippen LogP contribution in [0.4, 0.5) is 5.69 Å². The lowest BCUT2D eigenvalue weighted by Gasteiger charge is -2.11. The minimum absolute atomic E-state index is 0.695. The van der Waals surface area contributed by atoms with Gasteiger partial charge in [-0.05, 0) is 47.5 Å². The highest BCUT2D eigenvalue weighted by molar-refractivity contribution is 5.75. The van der Waals surface area contributed by atoms with E-state index in [2.05, 4.69) is 63.4 Å². The molecule has 0 bridgehead atoms. The van der Waals surface area contributed by atoms with Crippen LogP contribution in [-0.4, -0.2) is 19.1 Å². The molecule has 128 valence electrons. The summed E-state index contributed by atoms with van der Waals surface area (Å²) >= 11 is 0. The monoisotopic (exact) mass is 340 g/mol. The van der Waals surface area contributed by atoms with Crippen molar-refractivity contribution in [3.63, 3.8) is 0 Å². The molecule has 4 heteroatoms. The Bertz CT molecular complexity index is 1010. The van der Waals surface area contributed by atoms with Gasteiger partial charge in [-0.15, -0.1) is 0 Å². The Labute approximate surface area is 153 Å². The smallest absolute Gasteiger partial charge is 0.234 e. The molecule has 2 heterocycles. The first-order valence-electron chi connectivity index (χ1n) is 8.56. The second kappa shape index (κ2) is 6.84. The van der Waals surface area contributed by atoms with E-state index >= 15 is 0 Å². The lowest BCUT2D eigenvalue weighted by Crippen LogP contribution is -2.31. The van der Waals surface area contributed by atoms with Gasteiger partial charge < -0.3 is 4.90 Å². The van der Waals surface area contributed by atoms with E-state index < -0.39 is 0 Å². The Morgan fingerprint density at radius 3 is 2.15 bits per heavy atom. The van der Waals surface area contributed by atoms with Gasteiger partial charge in [0.1, 0.15) is 0 Å². The van der Waals surface area contributed by atoms with E-state index in [1.807, 2.05) is 55.3 Å². The van der Waals surface area contributed by atoms with Gasteiger partial charge in [0.25, 0.3) is 0 Å². The highest BCUT2D eigenvalue weighted by atomic mass is 15.1. The number of hydrogen-bond acceptors (Lipinski definition) is 2. The van der Waals surface area contributed by atoms with Crippen molar-refractivity contribution in [1.82, 2.24) is 9.97 Å². The van der Waals surface area contributed by atoms with Crippen molar-refractivity contribution in [2.24, 2.45) is 0 Å². The summed E-state index contributed by atoms with van der Waals surface area (Å²) in [5, 5.41) is 0. The molecule has 0 saturated heterocycles. The minimum atomic E-state index is 0.695. The van der Waals surface area contributed by atoms with Gasteiger partial charge in [0.2, 0.25) is 5.95 Å². The molecule has 0 fully saturated rings. The number of para-hydroxylation sites is 2. The number of pyridine rings is 1. The van der Waals surface area contributed by atoms with Crippen LogP contribution in [-0.2, 0) is 0 Å². The van der Waals surface area contributed by atoms with Crippen molar-refractivity contribution in [1.29, 1.82) is 0 Å². The van der Waals surface area contributed by atoms with Gasteiger partial charge in [0.15, 0.2) is 0 Å². The zero-order chi connectivity index (χ0) is 17.9. The summed E-state index contributed by atoms with van der Waals surface area (Å²) in [6.07, 6.45) is 8.20. The van der Waals surface area contributed by atoms with Crippen LogP contribution < -0.4 is 14.5 Å². The maximum absolute atomic E-state index is 4.56. The maximum atomic E-state index is 4.56. The van der Waals surface area contributed by atoms with Crippen molar-refractivity contribution in [2.75, 3.05) is 19.0 Å². The summed E-state index contributed by atoms with van der Waals surface area (Å²) in [5.74, 6) is 0.695. The zero-order valence-electron chi connectivity index (χ0n) is 14.9. The van der Waals surface area contributed by atoms with E-state index in [-0.39, 0.29) is 0 Å². The molecule has 0 atom stereocenters. The van der Waals surface area contributed by atoms with E-state index in [0.29, 0.717) is 5.95 Å². The summed E-state index contributed by atoms with van der Waals surface area (Å²) in [6, 6.07) is 20.5. The maximum Gasteiger partial charge on any atom is 0.234 e. The molecule has 0 aliphatic rings. The predicted octanol–water partition coefficient (Wildman–Crippen LogP) is 3.71. The number of rotatable bonds is 4. The molecule has 0 amide bonds. The fourth-order valence-corrected chi connectivity index (χ4v) is 2.77. The first-order valence-corrected chi connectivity index (χ1v) is 8.56. The third-order valence-corrected chi connectivity index (χ3v) is 4.29. The predicted molar refractivity (Wildman–Crippen MR) is 106 cm³/mol. The Kier molecular flexibility index (Phi) is 4.23. The van der Waals surface area contributed by atoms with Crippen molar-refractivity contribution < 1.29 is 4.57 Å².